The van der Waals surface area contributed by atoms with Crippen LogP contribution >= 0.6 is 0 Å². The lowest BCUT2D eigenvalue weighted by Crippen LogP contribution is -2.27. The molecule has 0 N–H and O–H groups in total. The van der Waals surface area contributed by atoms with Crippen molar-refractivity contribution in [3.05, 3.63) is 0 Å². The fraction of sp³-hybridized carbons (Fsp3) is 1.00. The van der Waals surface area contributed by atoms with Crippen molar-refractivity contribution in [2.24, 2.45) is 17.3 Å². The molecule has 1 heterocycles. The zero-order valence-electron chi connectivity index (χ0n) is 9.22. The molecule has 0 radical (unpaired) electrons. The molecule has 2 atom stereocenters. The SMILES string of the molecule is CCC1CN(C)CC1C(C)(C)C. The molecule has 1 heteroatoms. The molecule has 1 rings (SSSR count). The molecule has 0 aromatic heterocycles. The average molecular weight is 169 g/mol. The smallest absolute Gasteiger partial charge is 0.00149 e. The molecular formula is C11H23N. The van der Waals surface area contributed by atoms with Gasteiger partial charge in [0.2, 0.25) is 0 Å². The van der Waals surface area contributed by atoms with Gasteiger partial charge in [-0.15, -0.1) is 0 Å². The molecule has 1 aliphatic rings. The van der Waals surface area contributed by atoms with Gasteiger partial charge < -0.3 is 4.90 Å². The van der Waals surface area contributed by atoms with E-state index in [1.165, 1.54) is 19.5 Å². The van der Waals surface area contributed by atoms with E-state index in [-0.39, 0.29) is 0 Å². The summed E-state index contributed by atoms with van der Waals surface area (Å²) in [6.07, 6.45) is 1.34. The molecule has 1 saturated heterocycles. The Balaban J connectivity index is 2.64. The Morgan fingerprint density at radius 2 is 1.83 bits per heavy atom. The van der Waals surface area contributed by atoms with Gasteiger partial charge in [0, 0.05) is 13.1 Å². The van der Waals surface area contributed by atoms with Gasteiger partial charge in [-0.3, -0.25) is 0 Å². The molecule has 0 spiro atoms. The molecule has 12 heavy (non-hydrogen) atoms. The van der Waals surface area contributed by atoms with Crippen LogP contribution in [0.15, 0.2) is 0 Å². The Hall–Kier alpha value is -0.0400. The molecule has 72 valence electrons. The highest BCUT2D eigenvalue weighted by molar-refractivity contribution is 4.88. The van der Waals surface area contributed by atoms with Crippen molar-refractivity contribution < 1.29 is 0 Å². The molecule has 2 unspecified atom stereocenters. The van der Waals surface area contributed by atoms with E-state index >= 15 is 0 Å². The van der Waals surface area contributed by atoms with Gasteiger partial charge in [-0.25, -0.2) is 0 Å². The van der Waals surface area contributed by atoms with Crippen molar-refractivity contribution in [2.75, 3.05) is 20.1 Å². The molecule has 0 saturated carbocycles. The highest BCUT2D eigenvalue weighted by atomic mass is 15.1. The first-order valence-corrected chi connectivity index (χ1v) is 5.13. The molecule has 0 aromatic carbocycles. The van der Waals surface area contributed by atoms with E-state index in [0.29, 0.717) is 5.41 Å². The number of hydrogen-bond donors (Lipinski definition) is 0. The van der Waals surface area contributed by atoms with Gasteiger partial charge in [0.15, 0.2) is 0 Å². The zero-order chi connectivity index (χ0) is 9.35. The van der Waals surface area contributed by atoms with Gasteiger partial charge >= 0.3 is 0 Å². The lowest BCUT2D eigenvalue weighted by molar-refractivity contribution is 0.195. The number of likely N-dealkylation sites (tertiary alicyclic amines) is 1. The summed E-state index contributed by atoms with van der Waals surface area (Å²) in [5.41, 5.74) is 0.492. The second-order valence-electron chi connectivity index (χ2n) is 5.36. The summed E-state index contributed by atoms with van der Waals surface area (Å²) in [5.74, 6) is 1.82. The second kappa shape index (κ2) is 3.37. The monoisotopic (exact) mass is 169 g/mol. The summed E-state index contributed by atoms with van der Waals surface area (Å²) in [5, 5.41) is 0. The normalized spacial score (nSPS) is 32.8. The van der Waals surface area contributed by atoms with Crippen LogP contribution in [0.1, 0.15) is 34.1 Å². The molecule has 1 aliphatic heterocycles. The first kappa shape index (κ1) is 10.0. The molecule has 1 fully saturated rings. The van der Waals surface area contributed by atoms with Crippen molar-refractivity contribution in [1.82, 2.24) is 4.90 Å². The van der Waals surface area contributed by atoms with Crippen molar-refractivity contribution in [2.45, 2.75) is 34.1 Å². The van der Waals surface area contributed by atoms with Gasteiger partial charge in [-0.1, -0.05) is 34.1 Å². The maximum absolute atomic E-state index is 2.48. The zero-order valence-corrected chi connectivity index (χ0v) is 9.22. The van der Waals surface area contributed by atoms with E-state index < -0.39 is 0 Å². The molecular weight excluding hydrogens is 146 g/mol. The van der Waals surface area contributed by atoms with E-state index in [9.17, 15) is 0 Å². The third kappa shape index (κ3) is 2.01. The van der Waals surface area contributed by atoms with E-state index in [1.54, 1.807) is 0 Å². The Bertz CT molecular complexity index is 146. The van der Waals surface area contributed by atoms with Crippen molar-refractivity contribution in [3.63, 3.8) is 0 Å². The van der Waals surface area contributed by atoms with Gasteiger partial charge in [-0.05, 0) is 24.3 Å². The third-order valence-corrected chi connectivity index (χ3v) is 3.26. The van der Waals surface area contributed by atoms with Crippen LogP contribution in [0.4, 0.5) is 0 Å². The van der Waals surface area contributed by atoms with Crippen LogP contribution in [0.5, 0.6) is 0 Å². The Labute approximate surface area is 77.1 Å². The van der Waals surface area contributed by atoms with Crippen LogP contribution in [-0.4, -0.2) is 25.0 Å². The van der Waals surface area contributed by atoms with Crippen LogP contribution in [0.3, 0.4) is 0 Å². The predicted molar refractivity (Wildman–Crippen MR) is 54.2 cm³/mol. The first-order valence-electron chi connectivity index (χ1n) is 5.13. The molecule has 0 aromatic rings. The minimum absolute atomic E-state index is 0.492. The van der Waals surface area contributed by atoms with Gasteiger partial charge in [0.25, 0.3) is 0 Å². The summed E-state index contributed by atoms with van der Waals surface area (Å²) < 4.78 is 0. The van der Waals surface area contributed by atoms with Gasteiger partial charge in [-0.2, -0.15) is 0 Å². The summed E-state index contributed by atoms with van der Waals surface area (Å²) in [6, 6.07) is 0. The van der Waals surface area contributed by atoms with E-state index in [2.05, 4.69) is 39.6 Å². The van der Waals surface area contributed by atoms with E-state index in [0.717, 1.165) is 11.8 Å². The van der Waals surface area contributed by atoms with Crippen LogP contribution in [0, 0.1) is 17.3 Å². The van der Waals surface area contributed by atoms with Crippen molar-refractivity contribution in [1.29, 1.82) is 0 Å². The lowest BCUT2D eigenvalue weighted by Gasteiger charge is -2.31. The first-order chi connectivity index (χ1) is 5.45. The fourth-order valence-electron chi connectivity index (χ4n) is 2.48. The second-order valence-corrected chi connectivity index (χ2v) is 5.36. The lowest BCUT2D eigenvalue weighted by atomic mass is 9.74. The molecule has 0 aliphatic carbocycles. The molecule has 0 amide bonds. The van der Waals surface area contributed by atoms with Crippen molar-refractivity contribution in [3.8, 4) is 0 Å². The minimum atomic E-state index is 0.492. The Kier molecular flexibility index (Phi) is 2.82. The quantitative estimate of drug-likeness (QED) is 0.583. The fourth-order valence-corrected chi connectivity index (χ4v) is 2.48. The molecule has 1 nitrogen and oxygen atoms in total. The van der Waals surface area contributed by atoms with E-state index in [1.807, 2.05) is 0 Å². The minimum Gasteiger partial charge on any atom is -0.306 e. The highest BCUT2D eigenvalue weighted by Crippen LogP contribution is 2.38. The summed E-state index contributed by atoms with van der Waals surface area (Å²) >= 11 is 0. The van der Waals surface area contributed by atoms with Crippen LogP contribution in [0.25, 0.3) is 0 Å². The third-order valence-electron chi connectivity index (χ3n) is 3.26. The summed E-state index contributed by atoms with van der Waals surface area (Å²) in [7, 11) is 2.24. The standard InChI is InChI=1S/C11H23N/c1-6-9-7-12(5)8-10(9)11(2,3)4/h9-10H,6-8H2,1-5H3. The van der Waals surface area contributed by atoms with Gasteiger partial charge in [0.1, 0.15) is 0 Å². The summed E-state index contributed by atoms with van der Waals surface area (Å²) in [6.45, 7) is 12.0. The molecule has 0 bridgehead atoms. The number of nitrogens with zero attached hydrogens (tertiary/aromatic N) is 1. The Morgan fingerprint density at radius 3 is 2.17 bits per heavy atom. The van der Waals surface area contributed by atoms with Crippen molar-refractivity contribution >= 4 is 0 Å². The topological polar surface area (TPSA) is 3.24 Å². The predicted octanol–water partition coefficient (Wildman–Crippen LogP) is 2.62. The van der Waals surface area contributed by atoms with Crippen LogP contribution in [-0.2, 0) is 0 Å². The van der Waals surface area contributed by atoms with Crippen LogP contribution in [0.2, 0.25) is 0 Å². The highest BCUT2D eigenvalue weighted by Gasteiger charge is 2.37. The number of rotatable bonds is 1. The maximum Gasteiger partial charge on any atom is 0.00149 e. The number of hydrogen-bond acceptors (Lipinski definition) is 1. The Morgan fingerprint density at radius 1 is 1.25 bits per heavy atom. The van der Waals surface area contributed by atoms with Gasteiger partial charge in [0.05, 0.1) is 0 Å². The maximum atomic E-state index is 2.48. The average Bonchev–Trinajstić information content (AvgIpc) is 2.29. The largest absolute Gasteiger partial charge is 0.306 e. The summed E-state index contributed by atoms with van der Waals surface area (Å²) in [4.78, 5) is 2.48. The van der Waals surface area contributed by atoms with E-state index in [4.69, 9.17) is 0 Å². The van der Waals surface area contributed by atoms with Crippen LogP contribution < -0.4 is 0 Å².